The maximum Gasteiger partial charge on any atom is 0.0580 e. The maximum atomic E-state index is 10.4. The number of aliphatic hydroxyl groups is 1. The van der Waals surface area contributed by atoms with Crippen molar-refractivity contribution < 1.29 is 5.11 Å². The highest BCUT2D eigenvalue weighted by atomic mass is 16.3. The zero-order valence-electron chi connectivity index (χ0n) is 14.2. The fourth-order valence-electron chi connectivity index (χ4n) is 4.14. The summed E-state index contributed by atoms with van der Waals surface area (Å²) in [6, 6.07) is 0. The second-order valence-corrected chi connectivity index (χ2v) is 8.76. The van der Waals surface area contributed by atoms with Crippen LogP contribution in [-0.2, 0) is 0 Å². The van der Waals surface area contributed by atoms with Gasteiger partial charge in [-0.05, 0) is 61.3 Å². The summed E-state index contributed by atoms with van der Waals surface area (Å²) in [5, 5.41) is 10.4. The van der Waals surface area contributed by atoms with Crippen LogP contribution in [-0.4, -0.2) is 35.7 Å². The lowest BCUT2D eigenvalue weighted by Crippen LogP contribution is -2.40. The van der Waals surface area contributed by atoms with Gasteiger partial charge in [-0.25, -0.2) is 0 Å². The third kappa shape index (κ3) is 3.98. The molecule has 4 atom stereocenters. The first-order valence-corrected chi connectivity index (χ1v) is 8.67. The molecule has 1 saturated carbocycles. The summed E-state index contributed by atoms with van der Waals surface area (Å²) in [7, 11) is 0. The molecule has 4 unspecified atom stereocenters. The van der Waals surface area contributed by atoms with Gasteiger partial charge >= 0.3 is 0 Å². The number of rotatable bonds is 3. The van der Waals surface area contributed by atoms with Crippen molar-refractivity contribution in [3.63, 3.8) is 0 Å². The quantitative estimate of drug-likeness (QED) is 0.851. The van der Waals surface area contributed by atoms with Crippen molar-refractivity contribution in [2.75, 3.05) is 19.6 Å². The Balaban J connectivity index is 1.88. The van der Waals surface area contributed by atoms with Gasteiger partial charge in [0.2, 0.25) is 0 Å². The van der Waals surface area contributed by atoms with Crippen molar-refractivity contribution in [3.05, 3.63) is 0 Å². The lowest BCUT2D eigenvalue weighted by Gasteiger charge is -2.41. The molecule has 1 aliphatic heterocycles. The molecule has 2 aliphatic rings. The highest BCUT2D eigenvalue weighted by Gasteiger charge is 2.37. The van der Waals surface area contributed by atoms with Gasteiger partial charge in [0.1, 0.15) is 0 Å². The first kappa shape index (κ1) is 16.3. The molecule has 1 N–H and O–H groups in total. The normalized spacial score (nSPS) is 36.8. The third-order valence-electron chi connectivity index (χ3n) is 5.91. The lowest BCUT2D eigenvalue weighted by molar-refractivity contribution is 0.00560. The van der Waals surface area contributed by atoms with E-state index in [2.05, 4.69) is 39.5 Å². The molecule has 1 aliphatic carbocycles. The summed E-state index contributed by atoms with van der Waals surface area (Å²) < 4.78 is 0. The summed E-state index contributed by atoms with van der Waals surface area (Å²) >= 11 is 0. The van der Waals surface area contributed by atoms with Crippen molar-refractivity contribution in [1.29, 1.82) is 0 Å². The molecule has 0 aromatic rings. The van der Waals surface area contributed by atoms with Crippen LogP contribution >= 0.6 is 0 Å². The number of aliphatic hydroxyl groups excluding tert-OH is 1. The van der Waals surface area contributed by atoms with E-state index in [-0.39, 0.29) is 6.10 Å². The molecule has 0 spiro atoms. The van der Waals surface area contributed by atoms with Crippen LogP contribution in [0.3, 0.4) is 0 Å². The Morgan fingerprint density at radius 2 is 1.85 bits per heavy atom. The smallest absolute Gasteiger partial charge is 0.0580 e. The molecule has 118 valence electrons. The van der Waals surface area contributed by atoms with E-state index in [1.807, 2.05) is 0 Å². The van der Waals surface area contributed by atoms with Gasteiger partial charge in [0.05, 0.1) is 6.10 Å². The van der Waals surface area contributed by atoms with Crippen LogP contribution in [0.5, 0.6) is 0 Å². The predicted octanol–water partition coefficient (Wildman–Crippen LogP) is 3.79. The minimum atomic E-state index is -0.0632. The Morgan fingerprint density at radius 1 is 1.15 bits per heavy atom. The Bertz CT molecular complexity index is 307. The fourth-order valence-corrected chi connectivity index (χ4v) is 4.14. The molecule has 0 aromatic carbocycles. The summed E-state index contributed by atoms with van der Waals surface area (Å²) in [5.74, 6) is 2.95. The van der Waals surface area contributed by atoms with Gasteiger partial charge in [0, 0.05) is 13.1 Å². The molecule has 0 aromatic heterocycles. The van der Waals surface area contributed by atoms with E-state index >= 15 is 0 Å². The number of nitrogens with zero attached hydrogens (tertiary/aromatic N) is 1. The van der Waals surface area contributed by atoms with Crippen molar-refractivity contribution in [2.45, 2.75) is 66.4 Å². The molecule has 2 nitrogen and oxygen atoms in total. The van der Waals surface area contributed by atoms with E-state index < -0.39 is 0 Å². The average molecular weight is 281 g/mol. The van der Waals surface area contributed by atoms with Crippen LogP contribution in [0.4, 0.5) is 0 Å². The van der Waals surface area contributed by atoms with E-state index in [1.165, 1.54) is 32.4 Å². The highest BCUT2D eigenvalue weighted by Crippen LogP contribution is 2.41. The Hall–Kier alpha value is -0.0800. The standard InChI is InChI=1S/C18H35NO/c1-13(2)14-8-9-19(11-14)12-15-10-16(18(3,4)5)6-7-17(15)20/h13-17,20H,6-12H2,1-5H3. The van der Waals surface area contributed by atoms with Crippen LogP contribution in [0.25, 0.3) is 0 Å². The van der Waals surface area contributed by atoms with Gasteiger partial charge in [0.15, 0.2) is 0 Å². The zero-order valence-corrected chi connectivity index (χ0v) is 14.2. The van der Waals surface area contributed by atoms with Crippen molar-refractivity contribution in [2.24, 2.45) is 29.1 Å². The second kappa shape index (κ2) is 6.36. The minimum Gasteiger partial charge on any atom is -0.393 e. The van der Waals surface area contributed by atoms with Gasteiger partial charge in [-0.1, -0.05) is 34.6 Å². The molecule has 2 rings (SSSR count). The zero-order chi connectivity index (χ0) is 14.9. The summed E-state index contributed by atoms with van der Waals surface area (Å²) in [5.41, 5.74) is 0.393. The third-order valence-corrected chi connectivity index (χ3v) is 5.91. The summed E-state index contributed by atoms with van der Waals surface area (Å²) in [4.78, 5) is 2.61. The van der Waals surface area contributed by atoms with E-state index in [0.717, 1.165) is 30.7 Å². The van der Waals surface area contributed by atoms with Crippen LogP contribution in [0.1, 0.15) is 60.3 Å². The van der Waals surface area contributed by atoms with Gasteiger partial charge in [0.25, 0.3) is 0 Å². The molecule has 0 radical (unpaired) electrons. The van der Waals surface area contributed by atoms with E-state index in [4.69, 9.17) is 0 Å². The van der Waals surface area contributed by atoms with Crippen LogP contribution in [0, 0.1) is 29.1 Å². The molecular weight excluding hydrogens is 246 g/mol. The molecule has 20 heavy (non-hydrogen) atoms. The Kier molecular flexibility index (Phi) is 5.18. The fraction of sp³-hybridized carbons (Fsp3) is 1.00. The number of hydrogen-bond donors (Lipinski definition) is 1. The molecule has 2 heteroatoms. The lowest BCUT2D eigenvalue weighted by atomic mass is 9.68. The molecule has 1 heterocycles. The first-order valence-electron chi connectivity index (χ1n) is 8.67. The SMILES string of the molecule is CC(C)C1CCN(CC2CC(C(C)(C)C)CCC2O)C1. The Morgan fingerprint density at radius 3 is 2.40 bits per heavy atom. The molecular formula is C18H35NO. The van der Waals surface area contributed by atoms with Gasteiger partial charge in [-0.15, -0.1) is 0 Å². The summed E-state index contributed by atoms with van der Waals surface area (Å²) in [6.07, 6.45) is 4.72. The highest BCUT2D eigenvalue weighted by molar-refractivity contribution is 4.88. The van der Waals surface area contributed by atoms with Crippen molar-refractivity contribution in [1.82, 2.24) is 4.90 Å². The van der Waals surface area contributed by atoms with E-state index in [9.17, 15) is 5.11 Å². The average Bonchev–Trinajstić information content (AvgIpc) is 2.79. The van der Waals surface area contributed by atoms with Gasteiger partial charge in [-0.3, -0.25) is 0 Å². The van der Waals surface area contributed by atoms with Crippen molar-refractivity contribution in [3.8, 4) is 0 Å². The number of hydrogen-bond acceptors (Lipinski definition) is 2. The van der Waals surface area contributed by atoms with E-state index in [1.54, 1.807) is 0 Å². The number of likely N-dealkylation sites (tertiary alicyclic amines) is 1. The van der Waals surface area contributed by atoms with E-state index in [0.29, 0.717) is 11.3 Å². The van der Waals surface area contributed by atoms with Gasteiger partial charge in [-0.2, -0.15) is 0 Å². The second-order valence-electron chi connectivity index (χ2n) is 8.76. The van der Waals surface area contributed by atoms with Crippen molar-refractivity contribution >= 4 is 0 Å². The predicted molar refractivity (Wildman–Crippen MR) is 85.7 cm³/mol. The van der Waals surface area contributed by atoms with Crippen LogP contribution in [0.15, 0.2) is 0 Å². The molecule has 2 fully saturated rings. The van der Waals surface area contributed by atoms with Gasteiger partial charge < -0.3 is 10.0 Å². The minimum absolute atomic E-state index is 0.0632. The Labute approximate surface area is 125 Å². The molecule has 1 saturated heterocycles. The van der Waals surface area contributed by atoms with Crippen LogP contribution in [0.2, 0.25) is 0 Å². The largest absolute Gasteiger partial charge is 0.393 e. The molecule has 0 amide bonds. The first-order chi connectivity index (χ1) is 9.27. The topological polar surface area (TPSA) is 23.5 Å². The maximum absolute atomic E-state index is 10.4. The summed E-state index contributed by atoms with van der Waals surface area (Å²) in [6.45, 7) is 15.4. The van der Waals surface area contributed by atoms with Crippen LogP contribution < -0.4 is 0 Å². The molecule has 0 bridgehead atoms. The monoisotopic (exact) mass is 281 g/mol.